The second kappa shape index (κ2) is 8.82. The fourth-order valence-corrected chi connectivity index (χ4v) is 2.87. The molecule has 0 heterocycles. The number of benzene rings is 3. The van der Waals surface area contributed by atoms with Crippen molar-refractivity contribution in [1.29, 1.82) is 0 Å². The van der Waals surface area contributed by atoms with Crippen LogP contribution in [0.3, 0.4) is 0 Å². The summed E-state index contributed by atoms with van der Waals surface area (Å²) in [5, 5.41) is 11.9. The van der Waals surface area contributed by atoms with Gasteiger partial charge in [0.05, 0.1) is 13.5 Å². The number of fused-ring (bicyclic) bond motifs is 1. The number of phenolic OH excluding ortho intramolecular Hbond substituents is 1. The van der Waals surface area contributed by atoms with E-state index in [4.69, 9.17) is 4.74 Å². The van der Waals surface area contributed by atoms with Gasteiger partial charge in [0.1, 0.15) is 0 Å². The van der Waals surface area contributed by atoms with E-state index in [2.05, 4.69) is 0 Å². The van der Waals surface area contributed by atoms with Crippen molar-refractivity contribution in [3.63, 3.8) is 0 Å². The summed E-state index contributed by atoms with van der Waals surface area (Å²) in [4.78, 5) is 24.1. The molecule has 0 radical (unpaired) electrons. The fraction of sp³-hybridized carbons (Fsp3) is 0.0833. The molecule has 0 unspecified atom stereocenters. The van der Waals surface area contributed by atoms with Gasteiger partial charge in [0, 0.05) is 0 Å². The van der Waals surface area contributed by atoms with E-state index >= 15 is 0 Å². The van der Waals surface area contributed by atoms with Gasteiger partial charge >= 0.3 is 0 Å². The van der Waals surface area contributed by atoms with Gasteiger partial charge in [0.15, 0.2) is 23.1 Å². The van der Waals surface area contributed by atoms with Gasteiger partial charge in [0.2, 0.25) is 0 Å². The van der Waals surface area contributed by atoms with Gasteiger partial charge in [-0.2, -0.15) is 0 Å². The summed E-state index contributed by atoms with van der Waals surface area (Å²) < 4.78 is 4.98. The highest BCUT2D eigenvalue weighted by atomic mass is 16.5. The number of ether oxygens (including phenoxy) is 1. The Balaban J connectivity index is 1.63. The van der Waals surface area contributed by atoms with Crippen LogP contribution in [0.25, 0.3) is 22.9 Å². The van der Waals surface area contributed by atoms with E-state index in [1.807, 2.05) is 42.5 Å². The number of allylic oxidation sites excluding steroid dienone is 2. The Morgan fingerprint density at radius 3 is 2.39 bits per heavy atom. The Kier molecular flexibility index (Phi) is 6.02. The summed E-state index contributed by atoms with van der Waals surface area (Å²) in [6.45, 7) is 0. The third kappa shape index (κ3) is 4.74. The van der Waals surface area contributed by atoms with Gasteiger partial charge in [-0.15, -0.1) is 0 Å². The van der Waals surface area contributed by atoms with Crippen molar-refractivity contribution in [1.82, 2.24) is 0 Å². The van der Waals surface area contributed by atoms with Crippen molar-refractivity contribution in [2.45, 2.75) is 6.42 Å². The molecule has 0 aliphatic heterocycles. The number of hydrogen-bond acceptors (Lipinski definition) is 4. The molecule has 0 aromatic heterocycles. The van der Waals surface area contributed by atoms with Crippen LogP contribution in [0.2, 0.25) is 0 Å². The monoisotopic (exact) mass is 372 g/mol. The van der Waals surface area contributed by atoms with E-state index in [1.54, 1.807) is 24.3 Å². The van der Waals surface area contributed by atoms with Gasteiger partial charge in [-0.1, -0.05) is 60.7 Å². The zero-order valence-corrected chi connectivity index (χ0v) is 15.5. The van der Waals surface area contributed by atoms with Crippen LogP contribution < -0.4 is 4.74 Å². The Labute approximate surface area is 163 Å². The highest BCUT2D eigenvalue weighted by molar-refractivity contribution is 6.11. The zero-order valence-electron chi connectivity index (χ0n) is 15.5. The molecule has 3 aromatic carbocycles. The number of methoxy groups -OCH3 is 1. The summed E-state index contributed by atoms with van der Waals surface area (Å²) in [6, 6.07) is 18.6. The molecule has 28 heavy (non-hydrogen) atoms. The van der Waals surface area contributed by atoms with E-state index < -0.39 is 0 Å². The van der Waals surface area contributed by atoms with Crippen LogP contribution in [0.1, 0.15) is 17.5 Å². The molecule has 0 amide bonds. The molecule has 0 aliphatic carbocycles. The van der Waals surface area contributed by atoms with Crippen LogP contribution in [-0.2, 0) is 9.59 Å². The van der Waals surface area contributed by atoms with Crippen LogP contribution in [0.4, 0.5) is 0 Å². The van der Waals surface area contributed by atoms with Crippen LogP contribution in [0.15, 0.2) is 72.8 Å². The molecule has 0 bridgehead atoms. The van der Waals surface area contributed by atoms with Crippen LogP contribution >= 0.6 is 0 Å². The van der Waals surface area contributed by atoms with E-state index in [9.17, 15) is 14.7 Å². The lowest BCUT2D eigenvalue weighted by Crippen LogP contribution is -2.01. The summed E-state index contributed by atoms with van der Waals surface area (Å²) in [7, 11) is 1.46. The predicted molar refractivity (Wildman–Crippen MR) is 111 cm³/mol. The second-order valence-corrected chi connectivity index (χ2v) is 6.28. The van der Waals surface area contributed by atoms with Crippen LogP contribution in [-0.4, -0.2) is 23.8 Å². The fourth-order valence-electron chi connectivity index (χ4n) is 2.87. The summed E-state index contributed by atoms with van der Waals surface area (Å²) in [6.07, 6.45) is 5.86. The third-order valence-corrected chi connectivity index (χ3v) is 4.29. The lowest BCUT2D eigenvalue weighted by atomic mass is 10.0. The number of carbonyl (C=O) groups is 2. The van der Waals surface area contributed by atoms with Crippen molar-refractivity contribution < 1.29 is 19.4 Å². The highest BCUT2D eigenvalue weighted by Gasteiger charge is 2.05. The quantitative estimate of drug-likeness (QED) is 0.478. The number of phenols is 1. The molecular weight excluding hydrogens is 352 g/mol. The SMILES string of the molecule is COc1ccc(/C=C/C(=O)CC(=O)/C=C/c2cccc3ccccc23)cc1O. The lowest BCUT2D eigenvalue weighted by molar-refractivity contribution is -0.121. The number of carbonyl (C=O) groups excluding carboxylic acids is 2. The predicted octanol–water partition coefficient (Wildman–Crippen LogP) is 4.81. The third-order valence-electron chi connectivity index (χ3n) is 4.29. The number of aromatic hydroxyl groups is 1. The van der Waals surface area contributed by atoms with Crippen molar-refractivity contribution in [2.75, 3.05) is 7.11 Å². The van der Waals surface area contributed by atoms with Gasteiger partial charge in [-0.3, -0.25) is 9.59 Å². The van der Waals surface area contributed by atoms with Gasteiger partial charge in [-0.05, 0) is 46.2 Å². The maximum Gasteiger partial charge on any atom is 0.163 e. The molecule has 4 heteroatoms. The largest absolute Gasteiger partial charge is 0.504 e. The Hall–Kier alpha value is -3.66. The van der Waals surface area contributed by atoms with Crippen molar-refractivity contribution >= 4 is 34.5 Å². The molecule has 4 nitrogen and oxygen atoms in total. The van der Waals surface area contributed by atoms with Gasteiger partial charge in [-0.25, -0.2) is 0 Å². The first-order valence-corrected chi connectivity index (χ1v) is 8.83. The smallest absolute Gasteiger partial charge is 0.163 e. The molecule has 3 aromatic rings. The van der Waals surface area contributed by atoms with E-state index in [0.29, 0.717) is 11.3 Å². The van der Waals surface area contributed by atoms with Crippen molar-refractivity contribution in [3.05, 3.63) is 83.9 Å². The van der Waals surface area contributed by atoms with E-state index in [1.165, 1.54) is 25.3 Å². The van der Waals surface area contributed by atoms with E-state index in [0.717, 1.165) is 16.3 Å². The minimum absolute atomic E-state index is 0.00815. The first kappa shape index (κ1) is 19.1. The molecule has 1 N–H and O–H groups in total. The van der Waals surface area contributed by atoms with Crippen LogP contribution in [0.5, 0.6) is 11.5 Å². The average molecular weight is 372 g/mol. The standard InChI is InChI=1S/C24H20O4/c1-28-24-14-10-17(15-23(24)27)9-12-20(25)16-21(26)13-11-19-7-4-6-18-5-2-3-8-22(18)19/h2-15,27H,16H2,1H3/b12-9+,13-11+. The molecule has 0 fully saturated rings. The second-order valence-electron chi connectivity index (χ2n) is 6.28. The molecule has 0 saturated carbocycles. The topological polar surface area (TPSA) is 63.6 Å². The minimum atomic E-state index is -0.303. The lowest BCUT2D eigenvalue weighted by Gasteiger charge is -2.03. The summed E-state index contributed by atoms with van der Waals surface area (Å²) in [5.74, 6) is -0.216. The summed E-state index contributed by atoms with van der Waals surface area (Å²) >= 11 is 0. The molecule has 3 rings (SSSR count). The number of ketones is 2. The first-order valence-electron chi connectivity index (χ1n) is 8.83. The molecule has 0 aliphatic rings. The van der Waals surface area contributed by atoms with Gasteiger partial charge < -0.3 is 9.84 Å². The number of hydrogen-bond donors (Lipinski definition) is 1. The average Bonchev–Trinajstić information content (AvgIpc) is 2.70. The Bertz CT molecular complexity index is 1070. The maximum atomic E-state index is 12.1. The van der Waals surface area contributed by atoms with Crippen molar-refractivity contribution in [2.24, 2.45) is 0 Å². The van der Waals surface area contributed by atoms with Crippen LogP contribution in [0, 0.1) is 0 Å². The van der Waals surface area contributed by atoms with Gasteiger partial charge in [0.25, 0.3) is 0 Å². The van der Waals surface area contributed by atoms with Crippen molar-refractivity contribution in [3.8, 4) is 11.5 Å². The Morgan fingerprint density at radius 2 is 1.64 bits per heavy atom. The highest BCUT2D eigenvalue weighted by Crippen LogP contribution is 2.26. The van der Waals surface area contributed by atoms with E-state index in [-0.39, 0.29) is 23.7 Å². The first-order chi connectivity index (χ1) is 13.6. The molecular formula is C24H20O4. The minimum Gasteiger partial charge on any atom is -0.504 e. The normalized spacial score (nSPS) is 11.3. The number of rotatable bonds is 7. The molecule has 0 atom stereocenters. The molecule has 0 saturated heterocycles. The zero-order chi connectivity index (χ0) is 19.9. The Morgan fingerprint density at radius 1 is 0.929 bits per heavy atom. The molecule has 140 valence electrons. The maximum absolute atomic E-state index is 12.1. The molecule has 0 spiro atoms. The summed E-state index contributed by atoms with van der Waals surface area (Å²) in [5.41, 5.74) is 1.58.